The van der Waals surface area contributed by atoms with Gasteiger partial charge in [-0.05, 0) is 13.8 Å². The first-order valence-corrected chi connectivity index (χ1v) is 8.06. The summed E-state index contributed by atoms with van der Waals surface area (Å²) in [4.78, 5) is 0. The Bertz CT molecular complexity index is 408. The highest BCUT2D eigenvalue weighted by Gasteiger charge is 2.19. The Morgan fingerprint density at radius 3 is 1.05 bits per heavy atom. The maximum Gasteiger partial charge on any atom is 0.169 e. The van der Waals surface area contributed by atoms with Gasteiger partial charge in [-0.15, -0.1) is 0 Å². The van der Waals surface area contributed by atoms with Crippen molar-refractivity contribution < 1.29 is 4.57 Å². The van der Waals surface area contributed by atoms with Gasteiger partial charge in [-0.3, -0.25) is 0 Å². The Balaban J connectivity index is 0. The van der Waals surface area contributed by atoms with Gasteiger partial charge in [0.15, 0.2) is 17.9 Å². The summed E-state index contributed by atoms with van der Waals surface area (Å²) in [7, 11) is 0. The normalized spacial score (nSPS) is 9.41. The molecule has 0 saturated carbocycles. The number of benzene rings is 1. The highest BCUT2D eigenvalue weighted by Crippen LogP contribution is 2.01. The number of allylic oxidation sites excluding steroid dienone is 2. The van der Waals surface area contributed by atoms with Crippen molar-refractivity contribution in [2.45, 2.75) is 54.0 Å². The van der Waals surface area contributed by atoms with E-state index >= 15 is 0 Å². The van der Waals surface area contributed by atoms with Crippen molar-refractivity contribution in [2.24, 2.45) is 0 Å². The van der Waals surface area contributed by atoms with E-state index in [1.807, 2.05) is 94.4 Å². The van der Waals surface area contributed by atoms with Crippen molar-refractivity contribution in [1.82, 2.24) is 0 Å². The molecule has 0 fully saturated rings. The predicted molar refractivity (Wildman–Crippen MR) is 99.9 cm³/mol. The topological polar surface area (TPSA) is 3.88 Å². The van der Waals surface area contributed by atoms with Gasteiger partial charge in [0, 0.05) is 32.9 Å². The van der Waals surface area contributed by atoms with Crippen LogP contribution < -0.4 is 4.57 Å². The van der Waals surface area contributed by atoms with Crippen LogP contribution in [0.15, 0.2) is 79.1 Å². The van der Waals surface area contributed by atoms with Crippen LogP contribution in [0.1, 0.15) is 48.5 Å². The zero-order valence-corrected chi connectivity index (χ0v) is 15.5. The summed E-state index contributed by atoms with van der Waals surface area (Å²) < 4.78 is 2.19. The molecule has 1 aromatic carbocycles. The minimum Gasteiger partial charge on any atom is -0.201 e. The number of hydrogen-bond donors (Lipinski definition) is 0. The molecule has 22 heavy (non-hydrogen) atoms. The number of rotatable bonds is 0. The Morgan fingerprint density at radius 2 is 0.864 bits per heavy atom. The molecule has 1 heteroatoms. The second-order valence-corrected chi connectivity index (χ2v) is 5.27. The molecule has 1 aromatic heterocycles. The van der Waals surface area contributed by atoms with Crippen LogP contribution >= 0.6 is 0 Å². The lowest BCUT2D eigenvalue weighted by molar-refractivity contribution is -0.754. The predicted octanol–water partition coefficient (Wildman–Crippen LogP) is 6.02. The molecule has 1 nitrogen and oxygen atoms in total. The third-order valence-electron chi connectivity index (χ3n) is 2.49. The zero-order chi connectivity index (χ0) is 17.3. The van der Waals surface area contributed by atoms with Crippen molar-refractivity contribution in [3.8, 4) is 0 Å². The SMILES string of the molecule is C/C=C/C.CC.CC(C)(C)[n+]1ccccc1.c1ccccc1. The van der Waals surface area contributed by atoms with Crippen molar-refractivity contribution >= 4 is 0 Å². The summed E-state index contributed by atoms with van der Waals surface area (Å²) in [5.74, 6) is 0. The lowest BCUT2D eigenvalue weighted by Gasteiger charge is -2.11. The molecule has 0 radical (unpaired) electrons. The Labute approximate surface area is 138 Å². The summed E-state index contributed by atoms with van der Waals surface area (Å²) in [6.07, 6.45) is 8.17. The first kappa shape index (κ1) is 22.4. The summed E-state index contributed by atoms with van der Waals surface area (Å²) >= 11 is 0. The quantitative estimate of drug-likeness (QED) is 0.413. The number of hydrogen-bond acceptors (Lipinski definition) is 0. The van der Waals surface area contributed by atoms with Crippen LogP contribution in [0.5, 0.6) is 0 Å². The van der Waals surface area contributed by atoms with Crippen LogP contribution in [-0.4, -0.2) is 0 Å². The summed E-state index contributed by atoms with van der Waals surface area (Å²) in [5.41, 5.74) is 0.210. The van der Waals surface area contributed by atoms with Gasteiger partial charge in [-0.1, -0.05) is 68.5 Å². The number of aromatic nitrogens is 1. The maximum absolute atomic E-state index is 2.19. The minimum atomic E-state index is 0.210. The van der Waals surface area contributed by atoms with E-state index < -0.39 is 0 Å². The third-order valence-corrected chi connectivity index (χ3v) is 2.49. The van der Waals surface area contributed by atoms with E-state index in [9.17, 15) is 0 Å². The van der Waals surface area contributed by atoms with E-state index in [4.69, 9.17) is 0 Å². The molecule has 1 heterocycles. The van der Waals surface area contributed by atoms with Crippen LogP contribution in [0.4, 0.5) is 0 Å². The van der Waals surface area contributed by atoms with E-state index in [0.717, 1.165) is 0 Å². The van der Waals surface area contributed by atoms with Crippen LogP contribution in [0.3, 0.4) is 0 Å². The fraction of sp³-hybridized carbons (Fsp3) is 0.381. The molecule has 0 aliphatic rings. The van der Waals surface area contributed by atoms with Crippen LogP contribution in [-0.2, 0) is 5.54 Å². The molecule has 0 N–H and O–H groups in total. The average Bonchev–Trinajstić information content (AvgIpc) is 2.59. The highest BCUT2D eigenvalue weighted by atomic mass is 15.0. The van der Waals surface area contributed by atoms with E-state index in [1.165, 1.54) is 0 Å². The van der Waals surface area contributed by atoms with Crippen molar-refractivity contribution in [1.29, 1.82) is 0 Å². The summed E-state index contributed by atoms with van der Waals surface area (Å²) in [6, 6.07) is 18.1. The average molecular weight is 301 g/mol. The van der Waals surface area contributed by atoms with Gasteiger partial charge in [-0.25, -0.2) is 4.57 Å². The maximum atomic E-state index is 2.19. The number of pyridine rings is 1. The molecule has 0 spiro atoms. The van der Waals surface area contributed by atoms with E-state index in [0.29, 0.717) is 0 Å². The minimum absolute atomic E-state index is 0.210. The molecule has 122 valence electrons. The van der Waals surface area contributed by atoms with Crippen LogP contribution in [0.25, 0.3) is 0 Å². The molecular formula is C21H34N+. The largest absolute Gasteiger partial charge is 0.201 e. The van der Waals surface area contributed by atoms with Crippen LogP contribution in [0.2, 0.25) is 0 Å². The number of nitrogens with zero attached hydrogens (tertiary/aromatic N) is 1. The monoisotopic (exact) mass is 300 g/mol. The van der Waals surface area contributed by atoms with E-state index in [1.54, 1.807) is 0 Å². The molecule has 2 rings (SSSR count). The molecule has 0 amide bonds. The second kappa shape index (κ2) is 15.5. The van der Waals surface area contributed by atoms with Crippen molar-refractivity contribution in [2.75, 3.05) is 0 Å². The standard InChI is InChI=1S/C9H14N.C6H6.C4H8.C2H6/c1-9(2,3)10-7-5-4-6-8-10;1-2-4-6-5-3-1;1-3-4-2;1-2/h4-8H,1-3H3;1-6H;3-4H,1-2H3;1-2H3/q+1;;;/b;;4-3+;. The van der Waals surface area contributed by atoms with Gasteiger partial charge in [0.05, 0.1) is 0 Å². The summed E-state index contributed by atoms with van der Waals surface area (Å²) in [6.45, 7) is 14.6. The van der Waals surface area contributed by atoms with E-state index in [2.05, 4.69) is 37.7 Å². The Morgan fingerprint density at radius 1 is 0.591 bits per heavy atom. The van der Waals surface area contributed by atoms with Crippen molar-refractivity contribution in [3.05, 3.63) is 79.1 Å². The Kier molecular flexibility index (Phi) is 15.8. The van der Waals surface area contributed by atoms with Gasteiger partial charge in [0.2, 0.25) is 0 Å². The molecule has 0 saturated heterocycles. The molecule has 0 atom stereocenters. The highest BCUT2D eigenvalue weighted by molar-refractivity contribution is 4.99. The fourth-order valence-corrected chi connectivity index (χ4v) is 1.23. The van der Waals surface area contributed by atoms with Crippen LogP contribution in [0, 0.1) is 0 Å². The molecule has 0 unspecified atom stereocenters. The first-order chi connectivity index (χ1) is 10.5. The lowest BCUT2D eigenvalue weighted by Crippen LogP contribution is -2.49. The molecule has 2 aromatic rings. The second-order valence-electron chi connectivity index (χ2n) is 5.27. The van der Waals surface area contributed by atoms with E-state index in [-0.39, 0.29) is 5.54 Å². The fourth-order valence-electron chi connectivity index (χ4n) is 1.23. The van der Waals surface area contributed by atoms with Gasteiger partial charge in [0.25, 0.3) is 0 Å². The third kappa shape index (κ3) is 14.5. The van der Waals surface area contributed by atoms with Gasteiger partial charge >= 0.3 is 0 Å². The van der Waals surface area contributed by atoms with Gasteiger partial charge in [-0.2, -0.15) is 0 Å². The lowest BCUT2D eigenvalue weighted by atomic mass is 10.1. The Hall–Kier alpha value is -1.89. The molecule has 0 aliphatic carbocycles. The first-order valence-electron chi connectivity index (χ1n) is 8.06. The smallest absolute Gasteiger partial charge is 0.169 e. The molecule has 0 bridgehead atoms. The summed E-state index contributed by atoms with van der Waals surface area (Å²) in [5, 5.41) is 0. The zero-order valence-electron chi connectivity index (χ0n) is 15.5. The van der Waals surface area contributed by atoms with Gasteiger partial charge in [0.1, 0.15) is 0 Å². The van der Waals surface area contributed by atoms with Crippen molar-refractivity contribution in [3.63, 3.8) is 0 Å². The molecular weight excluding hydrogens is 266 g/mol. The molecule has 0 aliphatic heterocycles. The van der Waals surface area contributed by atoms with Gasteiger partial charge < -0.3 is 0 Å².